The van der Waals surface area contributed by atoms with E-state index in [1.165, 1.54) is 0 Å². The summed E-state index contributed by atoms with van der Waals surface area (Å²) in [5.74, 6) is -2.63. The molecule has 0 aliphatic heterocycles. The minimum absolute atomic E-state index is 0.0398. The summed E-state index contributed by atoms with van der Waals surface area (Å²) in [6.07, 6.45) is 4.96. The van der Waals surface area contributed by atoms with E-state index in [4.69, 9.17) is 4.74 Å². The standard InChI is InChI=1S/C17H30F2O2/c1-5-16(20)21-12-10-15(4)13-17(18,19)11-8-6-7-9-14(2)3/h5,14-15H,1,6-13H2,2-4H3. The summed E-state index contributed by atoms with van der Waals surface area (Å²) < 4.78 is 32.4. The van der Waals surface area contributed by atoms with Gasteiger partial charge < -0.3 is 4.74 Å². The molecule has 1 atom stereocenters. The van der Waals surface area contributed by atoms with Gasteiger partial charge in [0.25, 0.3) is 0 Å². The summed E-state index contributed by atoms with van der Waals surface area (Å²) in [6, 6.07) is 0. The summed E-state index contributed by atoms with van der Waals surface area (Å²) in [5, 5.41) is 0. The van der Waals surface area contributed by atoms with Crippen LogP contribution in [0.5, 0.6) is 0 Å². The fourth-order valence-electron chi connectivity index (χ4n) is 2.25. The number of alkyl halides is 2. The van der Waals surface area contributed by atoms with Crippen LogP contribution in [0.4, 0.5) is 8.78 Å². The van der Waals surface area contributed by atoms with Gasteiger partial charge in [-0.05, 0) is 24.7 Å². The maximum atomic E-state index is 13.8. The Morgan fingerprint density at radius 2 is 1.86 bits per heavy atom. The first kappa shape index (κ1) is 20.1. The Balaban J connectivity index is 3.78. The Bertz CT molecular complexity index is 301. The van der Waals surface area contributed by atoms with Crippen molar-refractivity contribution in [2.75, 3.05) is 6.61 Å². The summed E-state index contributed by atoms with van der Waals surface area (Å²) in [4.78, 5) is 10.8. The highest BCUT2D eigenvalue weighted by atomic mass is 19.3. The van der Waals surface area contributed by atoms with Gasteiger partial charge in [-0.1, -0.05) is 46.6 Å². The van der Waals surface area contributed by atoms with Crippen LogP contribution >= 0.6 is 0 Å². The topological polar surface area (TPSA) is 26.3 Å². The zero-order valence-corrected chi connectivity index (χ0v) is 13.7. The molecule has 0 aliphatic carbocycles. The summed E-state index contributed by atoms with van der Waals surface area (Å²) in [5.41, 5.74) is 0. The molecule has 0 aromatic rings. The van der Waals surface area contributed by atoms with Gasteiger partial charge in [-0.3, -0.25) is 0 Å². The van der Waals surface area contributed by atoms with Crippen molar-refractivity contribution in [2.45, 2.75) is 71.6 Å². The molecule has 0 radical (unpaired) electrons. The molecule has 0 saturated heterocycles. The predicted molar refractivity (Wildman–Crippen MR) is 82.4 cm³/mol. The van der Waals surface area contributed by atoms with Crippen molar-refractivity contribution in [1.29, 1.82) is 0 Å². The monoisotopic (exact) mass is 304 g/mol. The van der Waals surface area contributed by atoms with Crippen molar-refractivity contribution in [1.82, 2.24) is 0 Å². The lowest BCUT2D eigenvalue weighted by Crippen LogP contribution is -2.20. The van der Waals surface area contributed by atoms with Gasteiger partial charge in [0.15, 0.2) is 0 Å². The smallest absolute Gasteiger partial charge is 0.330 e. The summed E-state index contributed by atoms with van der Waals surface area (Å²) in [6.45, 7) is 9.53. The van der Waals surface area contributed by atoms with Gasteiger partial charge >= 0.3 is 5.97 Å². The predicted octanol–water partition coefficient (Wildman–Crippen LogP) is 5.37. The van der Waals surface area contributed by atoms with Gasteiger partial charge in [0, 0.05) is 18.9 Å². The molecule has 124 valence electrons. The van der Waals surface area contributed by atoms with Gasteiger partial charge in [0.1, 0.15) is 0 Å². The Morgan fingerprint density at radius 1 is 1.19 bits per heavy atom. The van der Waals surface area contributed by atoms with Crippen LogP contribution in [0, 0.1) is 11.8 Å². The van der Waals surface area contributed by atoms with Crippen LogP contribution in [0.25, 0.3) is 0 Å². The van der Waals surface area contributed by atoms with E-state index in [0.29, 0.717) is 18.8 Å². The molecule has 4 heteroatoms. The Morgan fingerprint density at radius 3 is 2.43 bits per heavy atom. The van der Waals surface area contributed by atoms with Crippen LogP contribution in [0.15, 0.2) is 12.7 Å². The number of ether oxygens (including phenoxy) is 1. The molecule has 1 unspecified atom stereocenters. The summed E-state index contributed by atoms with van der Waals surface area (Å²) >= 11 is 0. The number of hydrogen-bond acceptors (Lipinski definition) is 2. The maximum Gasteiger partial charge on any atom is 0.330 e. The largest absolute Gasteiger partial charge is 0.463 e. The Labute approximate surface area is 127 Å². The van der Waals surface area contributed by atoms with Crippen LogP contribution < -0.4 is 0 Å². The lowest BCUT2D eigenvalue weighted by molar-refractivity contribution is -0.138. The number of halogens is 2. The van der Waals surface area contributed by atoms with E-state index in [0.717, 1.165) is 25.3 Å². The molecule has 0 bridgehead atoms. The molecular weight excluding hydrogens is 274 g/mol. The SMILES string of the molecule is C=CC(=O)OCCC(C)CC(F)(F)CCCCCC(C)C. The quantitative estimate of drug-likeness (QED) is 0.275. The minimum atomic E-state index is -2.61. The van der Waals surface area contributed by atoms with E-state index >= 15 is 0 Å². The third-order valence-electron chi connectivity index (χ3n) is 3.49. The molecular formula is C17H30F2O2. The molecule has 0 aromatic heterocycles. The molecule has 0 saturated carbocycles. The normalized spacial score (nSPS) is 13.2. The van der Waals surface area contributed by atoms with Gasteiger partial charge in [0.05, 0.1) is 6.61 Å². The third kappa shape index (κ3) is 12.5. The van der Waals surface area contributed by atoms with E-state index in [9.17, 15) is 13.6 Å². The maximum absolute atomic E-state index is 13.8. The first-order chi connectivity index (χ1) is 9.76. The second kappa shape index (κ2) is 10.7. The molecule has 0 aromatic carbocycles. The average molecular weight is 304 g/mol. The lowest BCUT2D eigenvalue weighted by Gasteiger charge is -2.20. The van der Waals surface area contributed by atoms with Crippen LogP contribution in [0.1, 0.15) is 65.7 Å². The number of hydrogen-bond donors (Lipinski definition) is 0. The van der Waals surface area contributed by atoms with Crippen LogP contribution in [0.2, 0.25) is 0 Å². The van der Waals surface area contributed by atoms with E-state index in [-0.39, 0.29) is 25.4 Å². The van der Waals surface area contributed by atoms with Crippen molar-refractivity contribution in [2.24, 2.45) is 11.8 Å². The molecule has 2 nitrogen and oxygen atoms in total. The lowest BCUT2D eigenvalue weighted by atomic mass is 9.95. The molecule has 0 spiro atoms. The number of unbranched alkanes of at least 4 members (excludes halogenated alkanes) is 2. The Kier molecular flexibility index (Phi) is 10.3. The number of carbonyl (C=O) groups is 1. The van der Waals surface area contributed by atoms with Gasteiger partial charge in [-0.2, -0.15) is 0 Å². The van der Waals surface area contributed by atoms with Crippen molar-refractivity contribution in [3.63, 3.8) is 0 Å². The van der Waals surface area contributed by atoms with E-state index in [1.807, 2.05) is 0 Å². The average Bonchev–Trinajstić information content (AvgIpc) is 2.36. The second-order valence-corrected chi connectivity index (χ2v) is 6.32. The molecule has 0 amide bonds. The molecule has 0 aliphatic rings. The zero-order valence-electron chi connectivity index (χ0n) is 13.7. The molecule has 0 fully saturated rings. The first-order valence-corrected chi connectivity index (χ1v) is 7.94. The van der Waals surface area contributed by atoms with Crippen molar-refractivity contribution in [3.8, 4) is 0 Å². The van der Waals surface area contributed by atoms with Crippen LogP contribution in [0.3, 0.4) is 0 Å². The number of esters is 1. The van der Waals surface area contributed by atoms with E-state index < -0.39 is 11.9 Å². The van der Waals surface area contributed by atoms with Crippen LogP contribution in [-0.2, 0) is 9.53 Å². The molecule has 0 N–H and O–H groups in total. The zero-order chi connectivity index (χ0) is 16.3. The minimum Gasteiger partial charge on any atom is -0.463 e. The van der Waals surface area contributed by atoms with Gasteiger partial charge in [-0.15, -0.1) is 0 Å². The molecule has 0 heterocycles. The van der Waals surface area contributed by atoms with Gasteiger partial charge in [-0.25, -0.2) is 13.6 Å². The fourth-order valence-corrected chi connectivity index (χ4v) is 2.25. The van der Waals surface area contributed by atoms with E-state index in [1.54, 1.807) is 6.92 Å². The number of carbonyl (C=O) groups excluding carboxylic acids is 1. The third-order valence-corrected chi connectivity index (χ3v) is 3.49. The number of rotatable bonds is 12. The van der Waals surface area contributed by atoms with Gasteiger partial charge in [0.2, 0.25) is 5.92 Å². The van der Waals surface area contributed by atoms with E-state index in [2.05, 4.69) is 20.4 Å². The highest BCUT2D eigenvalue weighted by Crippen LogP contribution is 2.30. The van der Waals surface area contributed by atoms with Crippen LogP contribution in [-0.4, -0.2) is 18.5 Å². The Hall–Kier alpha value is -0.930. The summed E-state index contributed by atoms with van der Waals surface area (Å²) in [7, 11) is 0. The second-order valence-electron chi connectivity index (χ2n) is 6.32. The first-order valence-electron chi connectivity index (χ1n) is 7.94. The molecule has 21 heavy (non-hydrogen) atoms. The van der Waals surface area contributed by atoms with Crippen molar-refractivity contribution >= 4 is 5.97 Å². The van der Waals surface area contributed by atoms with Crippen molar-refractivity contribution in [3.05, 3.63) is 12.7 Å². The highest BCUT2D eigenvalue weighted by molar-refractivity contribution is 5.81. The highest BCUT2D eigenvalue weighted by Gasteiger charge is 2.30. The molecule has 0 rings (SSSR count). The van der Waals surface area contributed by atoms with Crippen molar-refractivity contribution < 1.29 is 18.3 Å². The fraction of sp³-hybridized carbons (Fsp3) is 0.824.